The van der Waals surface area contributed by atoms with Crippen LogP contribution in [-0.2, 0) is 14.3 Å². The number of allylic oxidation sites excluding steroid dienone is 1. The topological polar surface area (TPSA) is 103 Å². The number of rotatable bonds is 13. The molecule has 0 heterocycles. The first-order chi connectivity index (χ1) is 16.5. The van der Waals surface area contributed by atoms with Crippen LogP contribution in [0.3, 0.4) is 0 Å². The van der Waals surface area contributed by atoms with E-state index in [0.717, 1.165) is 5.56 Å². The minimum atomic E-state index is -0.614. The molecular weight excluding hydrogens is 438 g/mol. The van der Waals surface area contributed by atoms with Crippen LogP contribution < -0.4 is 14.8 Å². The number of aliphatic hydroxyl groups excluding tert-OH is 1. The molecule has 0 aromatic heterocycles. The number of benzene rings is 2. The molecule has 2 aromatic carbocycles. The van der Waals surface area contributed by atoms with Crippen LogP contribution in [0, 0.1) is 5.92 Å². The maximum Gasteiger partial charge on any atom is 0.412 e. The lowest BCUT2D eigenvalue weighted by Gasteiger charge is -2.24. The van der Waals surface area contributed by atoms with Crippen LogP contribution in [0.25, 0.3) is 0 Å². The highest BCUT2D eigenvalue weighted by molar-refractivity contribution is 5.85. The van der Waals surface area contributed by atoms with Crippen molar-refractivity contribution in [1.29, 1.82) is 0 Å². The van der Waals surface area contributed by atoms with Gasteiger partial charge in [-0.1, -0.05) is 37.8 Å². The van der Waals surface area contributed by atoms with Crippen molar-refractivity contribution >= 4 is 17.7 Å². The van der Waals surface area contributed by atoms with Crippen molar-refractivity contribution in [2.75, 3.05) is 32.2 Å². The van der Waals surface area contributed by atoms with E-state index in [-0.39, 0.29) is 25.7 Å². The van der Waals surface area contributed by atoms with Gasteiger partial charge in [0.05, 0.1) is 13.7 Å². The van der Waals surface area contributed by atoms with Crippen molar-refractivity contribution in [2.24, 2.45) is 5.92 Å². The molecule has 2 rings (SSSR count). The maximum atomic E-state index is 12.6. The van der Waals surface area contributed by atoms with Gasteiger partial charge in [-0.25, -0.2) is 9.59 Å². The Labute approximate surface area is 199 Å². The monoisotopic (exact) mass is 469 g/mol. The third-order valence-electron chi connectivity index (χ3n) is 4.76. The number of hydrogen-bond acceptors (Lipinski definition) is 7. The van der Waals surface area contributed by atoms with Crippen molar-refractivity contribution < 1.29 is 33.6 Å². The molecule has 0 spiro atoms. The minimum Gasteiger partial charge on any atom is -0.497 e. The quantitative estimate of drug-likeness (QED) is 0.250. The highest BCUT2D eigenvalue weighted by Crippen LogP contribution is 2.31. The molecule has 0 aliphatic rings. The van der Waals surface area contributed by atoms with Gasteiger partial charge in [-0.05, 0) is 48.4 Å². The molecule has 34 heavy (non-hydrogen) atoms. The largest absolute Gasteiger partial charge is 0.497 e. The van der Waals surface area contributed by atoms with E-state index in [4.69, 9.17) is 24.1 Å². The Bertz CT molecular complexity index is 939. The fourth-order valence-electron chi connectivity index (χ4n) is 3.06. The summed E-state index contributed by atoms with van der Waals surface area (Å²) in [6.45, 7) is 5.66. The second-order valence-electron chi connectivity index (χ2n) is 7.35. The molecule has 8 heteroatoms. The molecule has 8 nitrogen and oxygen atoms in total. The van der Waals surface area contributed by atoms with Gasteiger partial charge in [0.1, 0.15) is 30.8 Å². The summed E-state index contributed by atoms with van der Waals surface area (Å²) >= 11 is 0. The summed E-state index contributed by atoms with van der Waals surface area (Å²) in [5, 5.41) is 11.6. The first-order valence-corrected chi connectivity index (χ1v) is 10.9. The van der Waals surface area contributed by atoms with Crippen LogP contribution >= 0.6 is 0 Å². The van der Waals surface area contributed by atoms with Crippen molar-refractivity contribution in [2.45, 2.75) is 19.4 Å². The van der Waals surface area contributed by atoms with Crippen molar-refractivity contribution in [3.8, 4) is 11.5 Å². The number of ether oxygens (including phenoxy) is 4. The molecule has 0 bridgehead atoms. The Morgan fingerprint density at radius 2 is 1.76 bits per heavy atom. The van der Waals surface area contributed by atoms with Gasteiger partial charge in [0.15, 0.2) is 0 Å². The van der Waals surface area contributed by atoms with E-state index in [1.807, 2.05) is 6.92 Å². The number of aliphatic hydroxyl groups is 1. The number of methoxy groups -OCH3 is 1. The summed E-state index contributed by atoms with van der Waals surface area (Å²) in [6.07, 6.45) is 3.78. The second kappa shape index (κ2) is 14.4. The molecule has 0 saturated carbocycles. The molecule has 0 aliphatic carbocycles. The highest BCUT2D eigenvalue weighted by atomic mass is 16.6. The normalized spacial score (nSPS) is 12.4. The predicted octanol–water partition coefficient (Wildman–Crippen LogP) is 4.67. The lowest BCUT2D eigenvalue weighted by atomic mass is 9.94. The van der Waals surface area contributed by atoms with Crippen molar-refractivity contribution in [1.82, 2.24) is 0 Å². The molecular formula is C26H31NO7. The smallest absolute Gasteiger partial charge is 0.412 e. The molecule has 0 fully saturated rings. The molecule has 182 valence electrons. The summed E-state index contributed by atoms with van der Waals surface area (Å²) in [4.78, 5) is 24.3. The number of nitrogens with one attached hydrogen (secondary N) is 1. The van der Waals surface area contributed by atoms with Crippen LogP contribution in [0.1, 0.15) is 25.0 Å². The average molecular weight is 470 g/mol. The molecule has 0 radical (unpaired) electrons. The number of carbonyl (C=O) groups is 2. The summed E-state index contributed by atoms with van der Waals surface area (Å²) in [7, 11) is 1.57. The van der Waals surface area contributed by atoms with Gasteiger partial charge in [-0.15, -0.1) is 0 Å². The first kappa shape index (κ1) is 26.5. The molecule has 2 aromatic rings. The fraction of sp³-hybridized carbons (Fsp3) is 0.308. The molecule has 1 amide bonds. The second-order valence-corrected chi connectivity index (χ2v) is 7.35. The third-order valence-corrected chi connectivity index (χ3v) is 4.76. The van der Waals surface area contributed by atoms with E-state index in [2.05, 4.69) is 11.9 Å². The summed E-state index contributed by atoms with van der Waals surface area (Å²) < 4.78 is 21.2. The van der Waals surface area contributed by atoms with E-state index >= 15 is 0 Å². The van der Waals surface area contributed by atoms with Gasteiger partial charge in [-0.2, -0.15) is 0 Å². The van der Waals surface area contributed by atoms with Crippen LogP contribution in [-0.4, -0.2) is 44.1 Å². The number of carbonyl (C=O) groups excluding carboxylic acids is 2. The van der Waals surface area contributed by atoms with Crippen LogP contribution in [0.4, 0.5) is 10.5 Å². The van der Waals surface area contributed by atoms with E-state index in [1.54, 1.807) is 61.7 Å². The average Bonchev–Trinajstić information content (AvgIpc) is 2.85. The van der Waals surface area contributed by atoms with Crippen LogP contribution in [0.15, 0.2) is 73.3 Å². The zero-order valence-electron chi connectivity index (χ0n) is 19.4. The summed E-state index contributed by atoms with van der Waals surface area (Å²) in [5.74, 6) is 0.644. The molecule has 2 atom stereocenters. The highest BCUT2D eigenvalue weighted by Gasteiger charge is 2.23. The lowest BCUT2D eigenvalue weighted by Crippen LogP contribution is -2.22. The van der Waals surface area contributed by atoms with Gasteiger partial charge < -0.3 is 24.1 Å². The van der Waals surface area contributed by atoms with Gasteiger partial charge in [0.25, 0.3) is 0 Å². The van der Waals surface area contributed by atoms with Crippen molar-refractivity contribution in [3.63, 3.8) is 0 Å². The number of amides is 1. The lowest BCUT2D eigenvalue weighted by molar-refractivity contribution is -0.136. The Kier molecular flexibility index (Phi) is 11.2. The summed E-state index contributed by atoms with van der Waals surface area (Å²) in [6, 6.07) is 14.0. The van der Waals surface area contributed by atoms with E-state index in [9.17, 15) is 9.59 Å². The predicted molar refractivity (Wildman–Crippen MR) is 129 cm³/mol. The van der Waals surface area contributed by atoms with Gasteiger partial charge in [0.2, 0.25) is 0 Å². The third kappa shape index (κ3) is 8.99. The molecule has 0 unspecified atom stereocenters. The first-order valence-electron chi connectivity index (χ1n) is 10.9. The number of hydrogen-bond donors (Lipinski definition) is 2. The van der Waals surface area contributed by atoms with Crippen LogP contribution in [0.2, 0.25) is 0 Å². The van der Waals surface area contributed by atoms with E-state index in [1.165, 1.54) is 12.2 Å². The molecule has 0 aliphatic heterocycles. The minimum absolute atomic E-state index is 0.0857. The Morgan fingerprint density at radius 3 is 2.38 bits per heavy atom. The van der Waals surface area contributed by atoms with Crippen LogP contribution in [0.5, 0.6) is 11.5 Å². The van der Waals surface area contributed by atoms with Gasteiger partial charge in [-0.3, -0.25) is 5.32 Å². The molecule has 2 N–H and O–H groups in total. The van der Waals surface area contributed by atoms with Crippen molar-refractivity contribution in [3.05, 3.63) is 78.9 Å². The number of esters is 1. The Morgan fingerprint density at radius 1 is 1.09 bits per heavy atom. The SMILES string of the molecule is C=CCOC(=O)/C=C/C[C@@H](C)[C@@H](OC(=O)Nc1ccc(OC)cc1)c1ccc(OCCO)cc1. The Hall–Kier alpha value is -3.78. The summed E-state index contributed by atoms with van der Waals surface area (Å²) in [5.41, 5.74) is 1.33. The standard InChI is InChI=1S/C26H31NO7/c1-4-17-33-24(29)7-5-6-19(2)25(20-8-12-23(13-9-20)32-18-16-28)34-26(30)27-21-10-14-22(31-3)15-11-21/h4-5,7-15,19,25,28H,1,6,16-18H2,2-3H3,(H,27,30)/b7-5+/t19-,25-/m1/s1. The van der Waals surface area contributed by atoms with Gasteiger partial charge >= 0.3 is 12.1 Å². The van der Waals surface area contributed by atoms with E-state index < -0.39 is 18.2 Å². The van der Waals surface area contributed by atoms with E-state index in [0.29, 0.717) is 23.6 Å². The Balaban J connectivity index is 2.11. The maximum absolute atomic E-state index is 12.6. The van der Waals surface area contributed by atoms with Gasteiger partial charge in [0, 0.05) is 17.7 Å². The molecule has 0 saturated heterocycles. The zero-order valence-corrected chi connectivity index (χ0v) is 19.4. The zero-order chi connectivity index (χ0) is 24.8. The fourth-order valence-corrected chi connectivity index (χ4v) is 3.06. The number of anilines is 1.